The molecule has 0 atom stereocenters. The molecular formula is C22H16N4O2. The molecular weight excluding hydrogens is 352 g/mol. The van der Waals surface area contributed by atoms with Crippen LogP contribution < -0.4 is 5.32 Å². The molecule has 0 spiro atoms. The Hall–Kier alpha value is -3.93. The smallest absolute Gasteiger partial charge is 0.227 e. The number of rotatable bonds is 3. The highest BCUT2D eigenvalue weighted by Crippen LogP contribution is 2.28. The summed E-state index contributed by atoms with van der Waals surface area (Å²) >= 11 is 0. The van der Waals surface area contributed by atoms with Crippen molar-refractivity contribution in [1.82, 2.24) is 15.0 Å². The van der Waals surface area contributed by atoms with Gasteiger partial charge in [0.25, 0.3) is 0 Å². The Morgan fingerprint density at radius 3 is 2.50 bits per heavy atom. The zero-order chi connectivity index (χ0) is 19.1. The number of fused-ring (bicyclic) bond motifs is 2. The van der Waals surface area contributed by atoms with E-state index < -0.39 is 0 Å². The summed E-state index contributed by atoms with van der Waals surface area (Å²) in [5.74, 6) is 1.25. The second-order valence-corrected chi connectivity index (χ2v) is 6.56. The van der Waals surface area contributed by atoms with Gasteiger partial charge in [0.2, 0.25) is 11.8 Å². The van der Waals surface area contributed by atoms with Crippen LogP contribution in [0.25, 0.3) is 45.0 Å². The number of imidazole rings is 1. The normalized spacial score (nSPS) is 11.2. The van der Waals surface area contributed by atoms with E-state index in [2.05, 4.69) is 20.3 Å². The van der Waals surface area contributed by atoms with Crippen molar-refractivity contribution in [1.29, 1.82) is 0 Å². The van der Waals surface area contributed by atoms with Crippen LogP contribution in [0.4, 0.5) is 5.69 Å². The number of amides is 1. The molecule has 2 N–H and O–H groups in total. The first kappa shape index (κ1) is 16.3. The van der Waals surface area contributed by atoms with E-state index in [4.69, 9.17) is 4.42 Å². The van der Waals surface area contributed by atoms with Crippen molar-refractivity contribution in [3.8, 4) is 22.8 Å². The Morgan fingerprint density at radius 1 is 0.929 bits per heavy atom. The van der Waals surface area contributed by atoms with Crippen molar-refractivity contribution in [2.24, 2.45) is 0 Å². The highest BCUT2D eigenvalue weighted by Gasteiger charge is 2.11. The molecule has 3 aromatic carbocycles. The number of anilines is 1. The average molecular weight is 368 g/mol. The minimum atomic E-state index is -0.0942. The third-order valence-electron chi connectivity index (χ3n) is 4.50. The number of aromatic nitrogens is 3. The minimum absolute atomic E-state index is 0.0942. The van der Waals surface area contributed by atoms with Crippen LogP contribution in [0.3, 0.4) is 0 Å². The summed E-state index contributed by atoms with van der Waals surface area (Å²) in [6, 6.07) is 21.2. The van der Waals surface area contributed by atoms with Crippen molar-refractivity contribution < 1.29 is 9.21 Å². The van der Waals surface area contributed by atoms with Crippen LogP contribution in [0.15, 0.2) is 71.1 Å². The maximum absolute atomic E-state index is 11.1. The Kier molecular flexibility index (Phi) is 3.69. The van der Waals surface area contributed by atoms with E-state index >= 15 is 0 Å². The van der Waals surface area contributed by atoms with Gasteiger partial charge in [-0.3, -0.25) is 4.79 Å². The maximum atomic E-state index is 11.1. The van der Waals surface area contributed by atoms with Crippen LogP contribution in [0.2, 0.25) is 0 Å². The molecule has 2 aromatic heterocycles. The van der Waals surface area contributed by atoms with E-state index in [0.717, 1.165) is 44.8 Å². The molecule has 5 rings (SSSR count). The highest BCUT2D eigenvalue weighted by molar-refractivity contribution is 5.89. The summed E-state index contributed by atoms with van der Waals surface area (Å²) in [7, 11) is 0. The van der Waals surface area contributed by atoms with Crippen molar-refractivity contribution in [3.63, 3.8) is 0 Å². The number of oxazole rings is 1. The van der Waals surface area contributed by atoms with Gasteiger partial charge >= 0.3 is 0 Å². The van der Waals surface area contributed by atoms with Gasteiger partial charge in [0, 0.05) is 23.7 Å². The molecule has 2 heterocycles. The molecule has 0 unspecified atom stereocenters. The van der Waals surface area contributed by atoms with Crippen molar-refractivity contribution in [2.45, 2.75) is 6.92 Å². The second-order valence-electron chi connectivity index (χ2n) is 6.56. The zero-order valence-electron chi connectivity index (χ0n) is 15.1. The van der Waals surface area contributed by atoms with E-state index in [1.165, 1.54) is 6.92 Å². The minimum Gasteiger partial charge on any atom is -0.436 e. The molecule has 0 aliphatic carbocycles. The van der Waals surface area contributed by atoms with Gasteiger partial charge in [-0.15, -0.1) is 0 Å². The SMILES string of the molecule is CC(=O)Nc1ccc(-c2nc3ccc(-c4nc5ccccc5o4)cc3[nH]2)cc1. The van der Waals surface area contributed by atoms with E-state index in [9.17, 15) is 4.79 Å². The number of aromatic amines is 1. The third kappa shape index (κ3) is 2.91. The first-order valence-corrected chi connectivity index (χ1v) is 8.89. The van der Waals surface area contributed by atoms with Gasteiger partial charge in [-0.05, 0) is 54.6 Å². The van der Waals surface area contributed by atoms with Crippen LogP contribution in [-0.4, -0.2) is 20.9 Å². The number of carbonyl (C=O) groups is 1. The monoisotopic (exact) mass is 368 g/mol. The van der Waals surface area contributed by atoms with Crippen LogP contribution >= 0.6 is 0 Å². The van der Waals surface area contributed by atoms with Gasteiger partial charge in [0.15, 0.2) is 5.58 Å². The standard InChI is InChI=1S/C22H16N4O2/c1-13(27)23-16-9-6-14(7-10-16)21-24-17-11-8-15(12-19(17)25-21)22-26-18-4-2-3-5-20(18)28-22/h2-12H,1H3,(H,23,27)(H,24,25). The molecule has 6 nitrogen and oxygen atoms in total. The lowest BCUT2D eigenvalue weighted by Gasteiger charge is -2.02. The molecule has 5 aromatic rings. The molecule has 0 radical (unpaired) electrons. The van der Waals surface area contributed by atoms with Crippen molar-refractivity contribution >= 4 is 33.7 Å². The lowest BCUT2D eigenvalue weighted by molar-refractivity contribution is -0.114. The molecule has 136 valence electrons. The summed E-state index contributed by atoms with van der Waals surface area (Å²) < 4.78 is 5.86. The van der Waals surface area contributed by atoms with Gasteiger partial charge in [-0.1, -0.05) is 12.1 Å². The summed E-state index contributed by atoms with van der Waals surface area (Å²) in [6.45, 7) is 1.49. The number of benzene rings is 3. The number of H-pyrrole nitrogens is 1. The molecule has 0 aliphatic heterocycles. The van der Waals surface area contributed by atoms with Crippen LogP contribution in [-0.2, 0) is 4.79 Å². The van der Waals surface area contributed by atoms with Gasteiger partial charge < -0.3 is 14.7 Å². The maximum Gasteiger partial charge on any atom is 0.227 e. The quantitative estimate of drug-likeness (QED) is 0.469. The largest absolute Gasteiger partial charge is 0.436 e. The number of hydrogen-bond donors (Lipinski definition) is 2. The average Bonchev–Trinajstić information content (AvgIpc) is 3.31. The molecule has 0 bridgehead atoms. The van der Waals surface area contributed by atoms with Crippen LogP contribution in [0, 0.1) is 0 Å². The Labute approximate surface area is 160 Å². The Balaban J connectivity index is 1.50. The molecule has 0 saturated carbocycles. The number of carbonyl (C=O) groups excluding carboxylic acids is 1. The highest BCUT2D eigenvalue weighted by atomic mass is 16.3. The zero-order valence-corrected chi connectivity index (χ0v) is 15.1. The molecule has 6 heteroatoms. The Morgan fingerprint density at radius 2 is 1.71 bits per heavy atom. The molecule has 28 heavy (non-hydrogen) atoms. The molecule has 0 fully saturated rings. The third-order valence-corrected chi connectivity index (χ3v) is 4.50. The summed E-state index contributed by atoms with van der Waals surface area (Å²) in [4.78, 5) is 23.7. The summed E-state index contributed by atoms with van der Waals surface area (Å²) in [5.41, 5.74) is 5.95. The van der Waals surface area contributed by atoms with Crippen LogP contribution in [0.1, 0.15) is 6.92 Å². The topological polar surface area (TPSA) is 83.8 Å². The van der Waals surface area contributed by atoms with E-state index in [0.29, 0.717) is 5.89 Å². The fraction of sp³-hybridized carbons (Fsp3) is 0.0455. The number of nitrogens with zero attached hydrogens (tertiary/aromatic N) is 2. The van der Waals surface area contributed by atoms with Crippen molar-refractivity contribution in [2.75, 3.05) is 5.32 Å². The molecule has 0 saturated heterocycles. The predicted molar refractivity (Wildman–Crippen MR) is 109 cm³/mol. The first-order chi connectivity index (χ1) is 13.7. The van der Waals surface area contributed by atoms with Crippen molar-refractivity contribution in [3.05, 3.63) is 66.7 Å². The first-order valence-electron chi connectivity index (χ1n) is 8.89. The number of hydrogen-bond acceptors (Lipinski definition) is 4. The second kappa shape index (κ2) is 6.35. The van der Waals surface area contributed by atoms with E-state index in [-0.39, 0.29) is 5.91 Å². The summed E-state index contributed by atoms with van der Waals surface area (Å²) in [5, 5.41) is 2.76. The Bertz CT molecular complexity index is 1280. The predicted octanol–water partition coefficient (Wildman–Crippen LogP) is 5.00. The fourth-order valence-electron chi connectivity index (χ4n) is 3.19. The van der Waals surface area contributed by atoms with E-state index in [1.54, 1.807) is 0 Å². The van der Waals surface area contributed by atoms with E-state index in [1.807, 2.05) is 66.7 Å². The molecule has 1 amide bonds. The van der Waals surface area contributed by atoms with Gasteiger partial charge in [-0.2, -0.15) is 0 Å². The lowest BCUT2D eigenvalue weighted by Crippen LogP contribution is -2.05. The lowest BCUT2D eigenvalue weighted by atomic mass is 10.2. The molecule has 0 aliphatic rings. The fourth-order valence-corrected chi connectivity index (χ4v) is 3.19. The number of nitrogens with one attached hydrogen (secondary N) is 2. The van der Waals surface area contributed by atoms with Gasteiger partial charge in [-0.25, -0.2) is 9.97 Å². The van der Waals surface area contributed by atoms with Gasteiger partial charge in [0.1, 0.15) is 11.3 Å². The van der Waals surface area contributed by atoms with Gasteiger partial charge in [0.05, 0.1) is 11.0 Å². The summed E-state index contributed by atoms with van der Waals surface area (Å²) in [6.07, 6.45) is 0. The van der Waals surface area contributed by atoms with Crippen LogP contribution in [0.5, 0.6) is 0 Å². The number of para-hydroxylation sites is 2.